The van der Waals surface area contributed by atoms with Crippen LogP contribution >= 0.6 is 11.8 Å². The monoisotopic (exact) mass is 399 g/mol. The van der Waals surface area contributed by atoms with Gasteiger partial charge in [-0.2, -0.15) is 0 Å². The van der Waals surface area contributed by atoms with Crippen molar-refractivity contribution in [3.8, 4) is 11.5 Å². The number of carboxylic acids is 1. The van der Waals surface area contributed by atoms with Crippen molar-refractivity contribution in [2.24, 2.45) is 11.5 Å². The number of rotatable bonds is 9. The van der Waals surface area contributed by atoms with Gasteiger partial charge in [0, 0.05) is 11.8 Å². The number of carbonyl (C=O) groups excluding carboxylic acids is 2. The van der Waals surface area contributed by atoms with E-state index >= 15 is 0 Å². The predicted molar refractivity (Wildman–Crippen MR) is 96.6 cm³/mol. The first kappa shape index (κ1) is 20.8. The summed E-state index contributed by atoms with van der Waals surface area (Å²) >= 11 is 0.713. The zero-order valence-electron chi connectivity index (χ0n) is 14.5. The molecule has 1 aromatic rings. The molecule has 0 spiro atoms. The molecule has 2 rings (SSSR count). The molecule has 0 saturated heterocycles. The van der Waals surface area contributed by atoms with Crippen LogP contribution in [0.1, 0.15) is 5.56 Å². The molecule has 0 radical (unpaired) electrons. The largest absolute Gasteiger partial charge is 0.480 e. The van der Waals surface area contributed by atoms with Gasteiger partial charge in [0.1, 0.15) is 12.1 Å². The molecular formula is C16H21N3O7S. The lowest BCUT2D eigenvalue weighted by Crippen LogP contribution is -2.56. The number of ether oxygens (including phenoxy) is 3. The first-order valence-corrected chi connectivity index (χ1v) is 8.93. The minimum atomic E-state index is -1.35. The first-order valence-electron chi connectivity index (χ1n) is 7.94. The van der Waals surface area contributed by atoms with E-state index in [2.05, 4.69) is 5.32 Å². The highest BCUT2D eigenvalue weighted by Crippen LogP contribution is 2.32. The highest BCUT2D eigenvalue weighted by atomic mass is 32.2. The number of primary amides is 1. The van der Waals surface area contributed by atoms with Crippen molar-refractivity contribution >= 4 is 28.9 Å². The van der Waals surface area contributed by atoms with Gasteiger partial charge >= 0.3 is 11.9 Å². The van der Waals surface area contributed by atoms with Crippen LogP contribution < -0.4 is 26.3 Å². The molecule has 0 bridgehead atoms. The molecule has 2 unspecified atom stereocenters. The van der Waals surface area contributed by atoms with Gasteiger partial charge in [0.2, 0.25) is 6.79 Å². The van der Waals surface area contributed by atoms with Gasteiger partial charge in [-0.1, -0.05) is 17.8 Å². The Morgan fingerprint density at radius 1 is 1.33 bits per heavy atom. The van der Waals surface area contributed by atoms with Crippen molar-refractivity contribution in [2.45, 2.75) is 24.5 Å². The normalized spacial score (nSPS) is 15.6. The van der Waals surface area contributed by atoms with Crippen molar-refractivity contribution in [3.05, 3.63) is 23.8 Å². The van der Waals surface area contributed by atoms with Crippen LogP contribution in [0.4, 0.5) is 4.79 Å². The van der Waals surface area contributed by atoms with Crippen molar-refractivity contribution in [1.82, 2.24) is 5.32 Å². The van der Waals surface area contributed by atoms with Gasteiger partial charge in [0.15, 0.2) is 11.5 Å². The zero-order chi connectivity index (χ0) is 20.0. The molecule has 1 aromatic carbocycles. The second-order valence-corrected chi connectivity index (χ2v) is 6.76. The molecule has 0 saturated carbocycles. The maximum atomic E-state index is 12.2. The van der Waals surface area contributed by atoms with E-state index < -0.39 is 35.3 Å². The lowest BCUT2D eigenvalue weighted by atomic mass is 10.0. The molecule has 1 aliphatic heterocycles. The van der Waals surface area contributed by atoms with E-state index in [0.717, 1.165) is 5.56 Å². The fourth-order valence-corrected chi connectivity index (χ4v) is 3.16. The molecule has 10 nitrogen and oxygen atoms in total. The third kappa shape index (κ3) is 5.74. The third-order valence-corrected chi connectivity index (χ3v) is 4.71. The molecule has 6 N–H and O–H groups in total. The second kappa shape index (κ2) is 9.44. The molecule has 3 atom stereocenters. The van der Waals surface area contributed by atoms with Gasteiger partial charge in [-0.15, -0.1) is 0 Å². The Morgan fingerprint density at radius 3 is 2.67 bits per heavy atom. The Hall–Kier alpha value is -2.50. The summed E-state index contributed by atoms with van der Waals surface area (Å²) in [4.78, 5) is 34.5. The number of aliphatic carboxylic acids is 1. The third-order valence-electron chi connectivity index (χ3n) is 3.90. The Labute approximate surface area is 159 Å². The number of hydrogen-bond donors (Lipinski definition) is 4. The molecule has 1 aliphatic rings. The Balaban J connectivity index is 2.16. The van der Waals surface area contributed by atoms with Crippen LogP contribution in [-0.2, 0) is 20.7 Å². The molecule has 0 aromatic heterocycles. The molecule has 148 valence electrons. The highest BCUT2D eigenvalue weighted by Gasteiger charge is 2.31. The number of esters is 1. The van der Waals surface area contributed by atoms with E-state index in [9.17, 15) is 19.5 Å². The van der Waals surface area contributed by atoms with E-state index in [-0.39, 0.29) is 19.0 Å². The van der Waals surface area contributed by atoms with Crippen LogP contribution in [0, 0.1) is 0 Å². The Morgan fingerprint density at radius 2 is 2.04 bits per heavy atom. The van der Waals surface area contributed by atoms with Gasteiger partial charge < -0.3 is 30.8 Å². The number of carboxylic acid groups (broad SMARTS) is 1. The van der Waals surface area contributed by atoms with Crippen molar-refractivity contribution in [3.63, 3.8) is 0 Å². The SMILES string of the molecule is COC(=O)C(Cc1ccc2c(c1)OCO2)NC(CSC(N)=O)[C@H](N)C(=O)O. The number of nitrogens with two attached hydrogens (primary N) is 2. The predicted octanol–water partition coefficient (Wildman–Crippen LogP) is -0.319. The van der Waals surface area contributed by atoms with Crippen LogP contribution in [0.15, 0.2) is 18.2 Å². The zero-order valence-corrected chi connectivity index (χ0v) is 15.4. The summed E-state index contributed by atoms with van der Waals surface area (Å²) in [5.41, 5.74) is 11.5. The summed E-state index contributed by atoms with van der Waals surface area (Å²) in [6.07, 6.45) is 0.188. The van der Waals surface area contributed by atoms with Crippen molar-refractivity contribution < 1.29 is 33.7 Å². The number of carbonyl (C=O) groups is 3. The fourth-order valence-electron chi connectivity index (χ4n) is 2.51. The number of methoxy groups -OCH3 is 1. The van der Waals surface area contributed by atoms with Crippen LogP contribution in [0.25, 0.3) is 0 Å². The molecule has 0 aliphatic carbocycles. The Bertz CT molecular complexity index is 715. The number of benzene rings is 1. The molecule has 11 heteroatoms. The number of fused-ring (bicyclic) bond motifs is 1. The van der Waals surface area contributed by atoms with Crippen molar-refractivity contribution in [1.29, 1.82) is 0 Å². The molecular weight excluding hydrogens is 378 g/mol. The summed E-state index contributed by atoms with van der Waals surface area (Å²) in [5, 5.41) is 11.4. The smallest absolute Gasteiger partial charge is 0.323 e. The lowest BCUT2D eigenvalue weighted by Gasteiger charge is -2.26. The summed E-state index contributed by atoms with van der Waals surface area (Å²) in [6.45, 7) is 0.122. The number of amides is 1. The van der Waals surface area contributed by atoms with E-state index in [0.29, 0.717) is 23.3 Å². The van der Waals surface area contributed by atoms with Crippen LogP contribution in [-0.4, -0.2) is 60.1 Å². The van der Waals surface area contributed by atoms with E-state index in [1.54, 1.807) is 18.2 Å². The number of nitrogens with one attached hydrogen (secondary N) is 1. The maximum Gasteiger partial charge on any atom is 0.323 e. The van der Waals surface area contributed by atoms with Crippen LogP contribution in [0.3, 0.4) is 0 Å². The molecule has 0 fully saturated rings. The summed E-state index contributed by atoms with van der Waals surface area (Å²) in [6, 6.07) is 2.08. The first-order chi connectivity index (χ1) is 12.8. The van der Waals surface area contributed by atoms with Crippen LogP contribution in [0.2, 0.25) is 0 Å². The van der Waals surface area contributed by atoms with Gasteiger partial charge in [-0.05, 0) is 24.1 Å². The number of hydrogen-bond acceptors (Lipinski definition) is 9. The number of thioether (sulfide) groups is 1. The quantitative estimate of drug-likeness (QED) is 0.405. The van der Waals surface area contributed by atoms with Gasteiger partial charge in [-0.25, -0.2) is 0 Å². The van der Waals surface area contributed by atoms with E-state index in [4.69, 9.17) is 25.7 Å². The lowest BCUT2D eigenvalue weighted by molar-refractivity contribution is -0.144. The standard InChI is InChI=1S/C16H21N3O7S/c1-24-15(22)9(4-8-2-3-11-12(5-8)26-7-25-11)19-10(6-27-16(18)23)13(17)14(20)21/h2-3,5,9-10,13,19H,4,6-7,17H2,1H3,(H2,18,23)(H,20,21)/t9?,10?,13-/m0/s1. The fraction of sp³-hybridized carbons (Fsp3) is 0.438. The molecule has 1 amide bonds. The molecule has 27 heavy (non-hydrogen) atoms. The van der Waals surface area contributed by atoms with E-state index in [1.165, 1.54) is 7.11 Å². The van der Waals surface area contributed by atoms with Crippen LogP contribution in [0.5, 0.6) is 11.5 Å². The Kier molecular flexibility index (Phi) is 7.28. The summed E-state index contributed by atoms with van der Waals surface area (Å²) < 4.78 is 15.4. The average molecular weight is 399 g/mol. The van der Waals surface area contributed by atoms with Gasteiger partial charge in [0.05, 0.1) is 7.11 Å². The maximum absolute atomic E-state index is 12.2. The van der Waals surface area contributed by atoms with Crippen molar-refractivity contribution in [2.75, 3.05) is 19.7 Å². The van der Waals surface area contributed by atoms with E-state index in [1.807, 2.05) is 0 Å². The second-order valence-electron chi connectivity index (χ2n) is 5.73. The minimum absolute atomic E-state index is 0.0164. The summed E-state index contributed by atoms with van der Waals surface area (Å²) in [7, 11) is 1.22. The molecule has 1 heterocycles. The topological polar surface area (TPSA) is 163 Å². The highest BCUT2D eigenvalue weighted by molar-refractivity contribution is 8.13. The van der Waals surface area contributed by atoms with Gasteiger partial charge in [0.25, 0.3) is 5.24 Å². The minimum Gasteiger partial charge on any atom is -0.480 e. The van der Waals surface area contributed by atoms with Gasteiger partial charge in [-0.3, -0.25) is 19.7 Å². The summed E-state index contributed by atoms with van der Waals surface area (Å²) in [5.74, 6) is -0.731. The average Bonchev–Trinajstić information content (AvgIpc) is 3.10.